The van der Waals surface area contributed by atoms with Gasteiger partial charge in [-0.2, -0.15) is 0 Å². The minimum absolute atomic E-state index is 0.0763. The molecule has 68 valence electrons. The topological polar surface area (TPSA) is 38.7 Å². The molecule has 0 aromatic rings. The quantitative estimate of drug-likeness (QED) is 0.378. The summed E-state index contributed by atoms with van der Waals surface area (Å²) in [4.78, 5) is 15.1. The van der Waals surface area contributed by atoms with Crippen LogP contribution in [0.15, 0.2) is 4.99 Å². The number of hydrogen-bond donors (Lipinski definition) is 0. The molecule has 0 amide bonds. The van der Waals surface area contributed by atoms with E-state index in [0.717, 1.165) is 0 Å². The smallest absolute Gasteiger partial charge is 0.352 e. The summed E-state index contributed by atoms with van der Waals surface area (Å²) in [7, 11) is 1.34. The van der Waals surface area contributed by atoms with Gasteiger partial charge in [0.1, 0.15) is 5.71 Å². The molecule has 12 heavy (non-hydrogen) atoms. The van der Waals surface area contributed by atoms with E-state index in [-0.39, 0.29) is 11.9 Å². The molecule has 3 nitrogen and oxygen atoms in total. The summed E-state index contributed by atoms with van der Waals surface area (Å²) in [5.74, 6) is -0.297. The normalized spacial score (nSPS) is 11.5. The van der Waals surface area contributed by atoms with Gasteiger partial charge in [-0.05, 0) is 0 Å². The van der Waals surface area contributed by atoms with Crippen LogP contribution in [0.4, 0.5) is 0 Å². The number of carbonyl (C=O) groups excluding carboxylic acids is 1. The van der Waals surface area contributed by atoms with Gasteiger partial charge in [-0.25, -0.2) is 4.79 Å². The molecule has 4 heteroatoms. The summed E-state index contributed by atoms with van der Waals surface area (Å²) < 4.78 is 4.55. The number of aliphatic imine (C=N–C) groups is 1. The van der Waals surface area contributed by atoms with Gasteiger partial charge in [0.2, 0.25) is 0 Å². The zero-order chi connectivity index (χ0) is 9.56. The highest BCUT2D eigenvalue weighted by atomic mass is 32.1. The highest BCUT2D eigenvalue weighted by molar-refractivity contribution is 7.79. The van der Waals surface area contributed by atoms with Gasteiger partial charge in [-0.1, -0.05) is 26.1 Å². The van der Waals surface area contributed by atoms with E-state index in [0.29, 0.717) is 12.3 Å². The Bertz CT molecular complexity index is 199. The van der Waals surface area contributed by atoms with Crippen molar-refractivity contribution >= 4 is 29.3 Å². The first kappa shape index (κ1) is 11.2. The number of ether oxygens (including phenoxy) is 1. The minimum atomic E-state index is -0.373. The van der Waals surface area contributed by atoms with Crippen molar-refractivity contribution < 1.29 is 9.53 Å². The molecule has 0 saturated carbocycles. The lowest BCUT2D eigenvalue weighted by molar-refractivity contribution is -0.133. The average molecular weight is 187 g/mol. The first-order valence-corrected chi connectivity index (χ1v) is 4.17. The SMILES string of the molecule is COC(=O)C(=NCC=S)C(C)C. The van der Waals surface area contributed by atoms with E-state index < -0.39 is 0 Å². The number of rotatable bonds is 4. The molecule has 0 unspecified atom stereocenters. The van der Waals surface area contributed by atoms with Gasteiger partial charge in [0.15, 0.2) is 0 Å². The first-order chi connectivity index (χ1) is 5.63. The van der Waals surface area contributed by atoms with Crippen molar-refractivity contribution in [1.82, 2.24) is 0 Å². The number of methoxy groups -OCH3 is 1. The predicted molar refractivity (Wildman–Crippen MR) is 52.8 cm³/mol. The van der Waals surface area contributed by atoms with Crippen molar-refractivity contribution in [3.63, 3.8) is 0 Å². The Morgan fingerprint density at radius 2 is 2.25 bits per heavy atom. The maximum Gasteiger partial charge on any atom is 0.352 e. The van der Waals surface area contributed by atoms with Crippen molar-refractivity contribution in [2.75, 3.05) is 13.7 Å². The summed E-state index contributed by atoms with van der Waals surface area (Å²) in [5.41, 5.74) is 0.443. The molecule has 0 fully saturated rings. The van der Waals surface area contributed by atoms with Gasteiger partial charge in [0.05, 0.1) is 13.7 Å². The second-order valence-electron chi connectivity index (χ2n) is 2.54. The van der Waals surface area contributed by atoms with E-state index in [1.807, 2.05) is 13.8 Å². The fraction of sp³-hybridized carbons (Fsp3) is 0.625. The Labute approximate surface area is 77.8 Å². The van der Waals surface area contributed by atoms with Crippen LogP contribution in [0.25, 0.3) is 0 Å². The van der Waals surface area contributed by atoms with Crippen LogP contribution in [0, 0.1) is 5.92 Å². The molecular formula is C8H13NO2S. The molecule has 0 N–H and O–H groups in total. The zero-order valence-corrected chi connectivity index (χ0v) is 8.35. The maximum atomic E-state index is 11.1. The first-order valence-electron chi connectivity index (χ1n) is 3.69. The Balaban J connectivity index is 4.42. The average Bonchev–Trinajstić information content (AvgIpc) is 2.04. The van der Waals surface area contributed by atoms with Crippen LogP contribution in [0.3, 0.4) is 0 Å². The number of thiocarbonyl (C=S) groups is 1. The van der Waals surface area contributed by atoms with Crippen LogP contribution < -0.4 is 0 Å². The van der Waals surface area contributed by atoms with Gasteiger partial charge >= 0.3 is 5.97 Å². The second-order valence-corrected chi connectivity index (χ2v) is 2.87. The molecule has 0 aliphatic carbocycles. The fourth-order valence-electron chi connectivity index (χ4n) is 0.723. The number of nitrogens with zero attached hydrogens (tertiary/aromatic N) is 1. The molecule has 0 aliphatic rings. The molecule has 0 spiro atoms. The predicted octanol–water partition coefficient (Wildman–Crippen LogP) is 1.26. The van der Waals surface area contributed by atoms with Crippen LogP contribution in [0.5, 0.6) is 0 Å². The monoisotopic (exact) mass is 187 g/mol. The van der Waals surface area contributed by atoms with Gasteiger partial charge in [-0.3, -0.25) is 4.99 Å². The van der Waals surface area contributed by atoms with E-state index in [4.69, 9.17) is 0 Å². The van der Waals surface area contributed by atoms with Crippen molar-refractivity contribution in [2.45, 2.75) is 13.8 Å². The summed E-state index contributed by atoms with van der Waals surface area (Å²) in [6.07, 6.45) is 0. The Kier molecular flexibility index (Phi) is 5.45. The third-order valence-electron chi connectivity index (χ3n) is 1.28. The third kappa shape index (κ3) is 3.57. The third-order valence-corrected chi connectivity index (χ3v) is 1.43. The Morgan fingerprint density at radius 3 is 2.58 bits per heavy atom. The highest BCUT2D eigenvalue weighted by Gasteiger charge is 2.14. The molecule has 0 radical (unpaired) electrons. The lowest BCUT2D eigenvalue weighted by atomic mass is 10.1. The Morgan fingerprint density at radius 1 is 1.67 bits per heavy atom. The molecule has 0 atom stereocenters. The number of carbonyl (C=O) groups is 1. The summed E-state index contributed by atoms with van der Waals surface area (Å²) >= 11 is 4.60. The molecular weight excluding hydrogens is 174 g/mol. The van der Waals surface area contributed by atoms with E-state index >= 15 is 0 Å². The van der Waals surface area contributed by atoms with Crippen LogP contribution in [0.1, 0.15) is 13.8 Å². The summed E-state index contributed by atoms with van der Waals surface area (Å²) in [5, 5.41) is 1.48. The van der Waals surface area contributed by atoms with Crippen LogP contribution in [0.2, 0.25) is 0 Å². The van der Waals surface area contributed by atoms with Crippen molar-refractivity contribution in [3.05, 3.63) is 0 Å². The van der Waals surface area contributed by atoms with E-state index in [9.17, 15) is 4.79 Å². The molecule has 0 bridgehead atoms. The minimum Gasteiger partial charge on any atom is -0.465 e. The fourth-order valence-corrected chi connectivity index (χ4v) is 0.798. The van der Waals surface area contributed by atoms with Gasteiger partial charge in [0.25, 0.3) is 0 Å². The van der Waals surface area contributed by atoms with Crippen molar-refractivity contribution in [1.29, 1.82) is 0 Å². The molecule has 0 aliphatic heterocycles. The molecule has 0 heterocycles. The van der Waals surface area contributed by atoms with Crippen molar-refractivity contribution in [3.8, 4) is 0 Å². The standard InChI is InChI=1S/C8H13NO2S/c1-6(2)7(8(10)11-3)9-4-5-12/h5-6H,4H2,1-3H3. The number of esters is 1. The van der Waals surface area contributed by atoms with E-state index in [2.05, 4.69) is 21.9 Å². The van der Waals surface area contributed by atoms with Crippen molar-refractivity contribution in [2.24, 2.45) is 10.9 Å². The van der Waals surface area contributed by atoms with Gasteiger partial charge < -0.3 is 4.74 Å². The number of hydrogen-bond acceptors (Lipinski definition) is 4. The lowest BCUT2D eigenvalue weighted by Gasteiger charge is -2.06. The van der Waals surface area contributed by atoms with Gasteiger partial charge in [0, 0.05) is 11.3 Å². The summed E-state index contributed by atoms with van der Waals surface area (Å²) in [6, 6.07) is 0. The molecule has 0 rings (SSSR count). The second kappa shape index (κ2) is 5.83. The van der Waals surface area contributed by atoms with E-state index in [1.165, 1.54) is 12.5 Å². The molecule has 0 aromatic carbocycles. The highest BCUT2D eigenvalue weighted by Crippen LogP contribution is 1.99. The zero-order valence-electron chi connectivity index (χ0n) is 7.53. The Hall–Kier alpha value is -0.770. The van der Waals surface area contributed by atoms with Crippen LogP contribution in [-0.4, -0.2) is 30.7 Å². The van der Waals surface area contributed by atoms with Gasteiger partial charge in [-0.15, -0.1) is 0 Å². The lowest BCUT2D eigenvalue weighted by Crippen LogP contribution is -2.22. The molecule has 0 saturated heterocycles. The summed E-state index contributed by atoms with van der Waals surface area (Å²) in [6.45, 7) is 4.16. The molecule has 0 aromatic heterocycles. The van der Waals surface area contributed by atoms with Crippen LogP contribution in [-0.2, 0) is 9.53 Å². The largest absolute Gasteiger partial charge is 0.465 e. The van der Waals surface area contributed by atoms with Crippen LogP contribution >= 0.6 is 12.2 Å². The maximum absolute atomic E-state index is 11.1. The van der Waals surface area contributed by atoms with E-state index in [1.54, 1.807) is 0 Å².